The van der Waals surface area contributed by atoms with Crippen LogP contribution in [0.4, 0.5) is 0 Å². The van der Waals surface area contributed by atoms with Gasteiger partial charge in [0, 0.05) is 29.6 Å². The maximum Gasteiger partial charge on any atom is 0.0711 e. The van der Waals surface area contributed by atoms with E-state index in [2.05, 4.69) is 57.7 Å². The SMILES string of the molecule is Brc1cc2cc3c(cc2s1)sc1cc2sccc2cc13. The van der Waals surface area contributed by atoms with Gasteiger partial charge in [0.1, 0.15) is 0 Å². The van der Waals surface area contributed by atoms with Gasteiger partial charge in [-0.2, -0.15) is 0 Å². The molecule has 0 aliphatic rings. The second-order valence-corrected chi connectivity index (χ2v) is 9.34. The largest absolute Gasteiger partial charge is 0.144 e. The predicted molar refractivity (Wildman–Crippen MR) is 97.8 cm³/mol. The third kappa shape index (κ3) is 1.56. The molecule has 5 rings (SSSR count). The van der Waals surface area contributed by atoms with E-state index in [9.17, 15) is 0 Å². The summed E-state index contributed by atoms with van der Waals surface area (Å²) in [6.45, 7) is 0. The predicted octanol–water partition coefficient (Wildman–Crippen LogP) is 7.25. The fourth-order valence-corrected chi connectivity index (χ4v) is 6.42. The molecule has 0 N–H and O–H groups in total. The maximum atomic E-state index is 3.59. The van der Waals surface area contributed by atoms with E-state index in [1.54, 1.807) is 11.3 Å². The van der Waals surface area contributed by atoms with Gasteiger partial charge in [0.15, 0.2) is 0 Å². The fourth-order valence-electron chi connectivity index (χ4n) is 2.74. The molecule has 0 saturated heterocycles. The molecule has 3 heterocycles. The van der Waals surface area contributed by atoms with Gasteiger partial charge in [-0.1, -0.05) is 0 Å². The van der Waals surface area contributed by atoms with E-state index in [1.807, 2.05) is 22.7 Å². The normalized spacial score (nSPS) is 12.2. The standard InChI is InChI=1S/C16H7BrS3/c17-16-5-9-4-11-10-3-8-1-2-18-12(8)6-14(10)19-15(11)7-13(9)20-16/h1-7H. The second kappa shape index (κ2) is 4.04. The Morgan fingerprint density at radius 1 is 0.700 bits per heavy atom. The third-order valence-electron chi connectivity index (χ3n) is 3.65. The summed E-state index contributed by atoms with van der Waals surface area (Å²) < 4.78 is 6.73. The number of benzene rings is 2. The van der Waals surface area contributed by atoms with Crippen LogP contribution in [0.2, 0.25) is 0 Å². The van der Waals surface area contributed by atoms with Crippen LogP contribution < -0.4 is 0 Å². The molecule has 4 heteroatoms. The lowest BCUT2D eigenvalue weighted by molar-refractivity contribution is 2.00. The van der Waals surface area contributed by atoms with Gasteiger partial charge in [0.2, 0.25) is 0 Å². The van der Waals surface area contributed by atoms with Crippen LogP contribution in [0.3, 0.4) is 0 Å². The van der Waals surface area contributed by atoms with E-state index >= 15 is 0 Å². The van der Waals surface area contributed by atoms with Gasteiger partial charge in [0.25, 0.3) is 0 Å². The first-order valence-corrected chi connectivity index (χ1v) is 9.51. The number of fused-ring (bicyclic) bond motifs is 5. The van der Waals surface area contributed by atoms with Gasteiger partial charge in [-0.3, -0.25) is 0 Å². The number of thiophene rings is 3. The molecule has 96 valence electrons. The molecule has 0 atom stereocenters. The first-order valence-electron chi connectivity index (χ1n) is 6.20. The van der Waals surface area contributed by atoms with Crippen LogP contribution in [0.5, 0.6) is 0 Å². The topological polar surface area (TPSA) is 0 Å². The molecule has 0 unspecified atom stereocenters. The lowest BCUT2D eigenvalue weighted by atomic mass is 10.1. The zero-order valence-corrected chi connectivity index (χ0v) is 14.2. The number of halogens is 1. The van der Waals surface area contributed by atoms with E-state index in [-0.39, 0.29) is 0 Å². The van der Waals surface area contributed by atoms with Crippen molar-refractivity contribution in [1.29, 1.82) is 0 Å². The summed E-state index contributed by atoms with van der Waals surface area (Å²) >= 11 is 9.12. The summed E-state index contributed by atoms with van der Waals surface area (Å²) in [6.07, 6.45) is 0. The third-order valence-corrected chi connectivity index (χ3v) is 7.25. The molecular formula is C16H7BrS3. The molecule has 3 aromatic heterocycles. The summed E-state index contributed by atoms with van der Waals surface area (Å²) in [7, 11) is 0. The van der Waals surface area contributed by atoms with Crippen molar-refractivity contribution in [3.63, 3.8) is 0 Å². The van der Waals surface area contributed by atoms with Crippen LogP contribution in [0.25, 0.3) is 40.3 Å². The van der Waals surface area contributed by atoms with Crippen molar-refractivity contribution in [1.82, 2.24) is 0 Å². The van der Waals surface area contributed by atoms with Crippen LogP contribution in [0, 0.1) is 0 Å². The van der Waals surface area contributed by atoms with Crippen LogP contribution in [-0.2, 0) is 0 Å². The number of rotatable bonds is 0. The van der Waals surface area contributed by atoms with E-state index in [0.29, 0.717) is 0 Å². The van der Waals surface area contributed by atoms with Gasteiger partial charge >= 0.3 is 0 Å². The molecule has 0 spiro atoms. The van der Waals surface area contributed by atoms with Gasteiger partial charge in [-0.15, -0.1) is 34.0 Å². The summed E-state index contributed by atoms with van der Waals surface area (Å²) in [5.41, 5.74) is 0. The molecule has 0 bridgehead atoms. The Kier molecular flexibility index (Phi) is 2.36. The Labute approximate surface area is 135 Å². The average Bonchev–Trinajstić information content (AvgIpc) is 3.08. The molecule has 0 fully saturated rings. The van der Waals surface area contributed by atoms with Gasteiger partial charge < -0.3 is 0 Å². The Morgan fingerprint density at radius 2 is 1.45 bits per heavy atom. The fraction of sp³-hybridized carbons (Fsp3) is 0. The summed E-state index contributed by atoms with van der Waals surface area (Å²) in [5, 5.41) is 7.63. The smallest absolute Gasteiger partial charge is 0.0711 e. The Bertz CT molecular complexity index is 1110. The molecule has 0 nitrogen and oxygen atoms in total. The van der Waals surface area contributed by atoms with Gasteiger partial charge in [-0.25, -0.2) is 0 Å². The van der Waals surface area contributed by atoms with Crippen molar-refractivity contribution < 1.29 is 0 Å². The lowest BCUT2D eigenvalue weighted by Crippen LogP contribution is -1.67. The highest BCUT2D eigenvalue weighted by Crippen LogP contribution is 2.41. The van der Waals surface area contributed by atoms with Crippen molar-refractivity contribution in [3.05, 3.63) is 45.6 Å². The minimum absolute atomic E-state index is 1.20. The second-order valence-electron chi connectivity index (χ2n) is 4.85. The highest BCUT2D eigenvalue weighted by Gasteiger charge is 2.10. The molecule has 0 aliphatic carbocycles. The minimum Gasteiger partial charge on any atom is -0.144 e. The number of hydrogen-bond acceptors (Lipinski definition) is 3. The van der Waals surface area contributed by atoms with Gasteiger partial charge in [-0.05, 0) is 68.5 Å². The quantitative estimate of drug-likeness (QED) is 0.267. The van der Waals surface area contributed by atoms with Crippen molar-refractivity contribution in [3.8, 4) is 0 Å². The van der Waals surface area contributed by atoms with E-state index < -0.39 is 0 Å². The highest BCUT2D eigenvalue weighted by atomic mass is 79.9. The minimum atomic E-state index is 1.20. The lowest BCUT2D eigenvalue weighted by Gasteiger charge is -1.94. The molecule has 2 aromatic carbocycles. The van der Waals surface area contributed by atoms with Crippen LogP contribution in [-0.4, -0.2) is 0 Å². The number of hydrogen-bond donors (Lipinski definition) is 0. The molecule has 0 radical (unpaired) electrons. The van der Waals surface area contributed by atoms with Crippen molar-refractivity contribution >= 4 is 90.3 Å². The Balaban J connectivity index is 2.01. The monoisotopic (exact) mass is 374 g/mol. The molecular weight excluding hydrogens is 368 g/mol. The first-order chi connectivity index (χ1) is 9.78. The Hall–Kier alpha value is -0.940. The molecule has 20 heavy (non-hydrogen) atoms. The molecule has 0 aliphatic heterocycles. The average molecular weight is 375 g/mol. The molecule has 5 aromatic rings. The van der Waals surface area contributed by atoms with Crippen LogP contribution in [0.1, 0.15) is 0 Å². The molecule has 0 saturated carbocycles. The highest BCUT2D eigenvalue weighted by molar-refractivity contribution is 9.11. The van der Waals surface area contributed by atoms with E-state index in [0.717, 1.165) is 0 Å². The van der Waals surface area contributed by atoms with Crippen molar-refractivity contribution in [2.75, 3.05) is 0 Å². The molecule has 0 amide bonds. The van der Waals surface area contributed by atoms with Crippen molar-refractivity contribution in [2.24, 2.45) is 0 Å². The zero-order chi connectivity index (χ0) is 13.3. The summed E-state index contributed by atoms with van der Waals surface area (Å²) in [6, 6.07) is 13.8. The van der Waals surface area contributed by atoms with Crippen LogP contribution >= 0.6 is 49.9 Å². The maximum absolute atomic E-state index is 3.59. The van der Waals surface area contributed by atoms with Crippen molar-refractivity contribution in [2.45, 2.75) is 0 Å². The van der Waals surface area contributed by atoms with E-state index in [4.69, 9.17) is 0 Å². The summed E-state index contributed by atoms with van der Waals surface area (Å²) in [4.78, 5) is 0. The first kappa shape index (κ1) is 11.7. The summed E-state index contributed by atoms with van der Waals surface area (Å²) in [5.74, 6) is 0. The van der Waals surface area contributed by atoms with Gasteiger partial charge in [0.05, 0.1) is 3.79 Å². The zero-order valence-electron chi connectivity index (χ0n) is 10.1. The Morgan fingerprint density at radius 3 is 2.30 bits per heavy atom. The van der Waals surface area contributed by atoms with E-state index in [1.165, 1.54) is 44.1 Å². The van der Waals surface area contributed by atoms with Crippen LogP contribution in [0.15, 0.2) is 45.6 Å².